The third-order valence-electron chi connectivity index (χ3n) is 8.05. The molecule has 2 amide bonds. The number of carbonyl (C=O) groups is 2. The Labute approximate surface area is 195 Å². The lowest BCUT2D eigenvalue weighted by Crippen LogP contribution is -2.40. The van der Waals surface area contributed by atoms with Gasteiger partial charge in [-0.05, 0) is 36.2 Å². The number of piperidine rings is 1. The molecule has 2 fully saturated rings. The fourth-order valence-electron chi connectivity index (χ4n) is 5.21. The SMILES string of the molecule is CCN(Cc1ccccc1)C(=O)c1csc(C2CCN(C(=O)C3C(C)(C)C3(C)C)CC2)n1. The van der Waals surface area contributed by atoms with Gasteiger partial charge in [0.2, 0.25) is 5.91 Å². The van der Waals surface area contributed by atoms with Crippen molar-refractivity contribution in [3.8, 4) is 0 Å². The Balaban J connectivity index is 1.35. The van der Waals surface area contributed by atoms with E-state index in [1.54, 1.807) is 11.3 Å². The quantitative estimate of drug-likeness (QED) is 0.605. The van der Waals surface area contributed by atoms with E-state index in [1.165, 1.54) is 0 Å². The van der Waals surface area contributed by atoms with Crippen molar-refractivity contribution in [2.24, 2.45) is 16.7 Å². The Morgan fingerprint density at radius 1 is 1.09 bits per heavy atom. The van der Waals surface area contributed by atoms with Gasteiger partial charge >= 0.3 is 0 Å². The molecule has 2 aliphatic rings. The Kier molecular flexibility index (Phi) is 6.19. The molecule has 0 atom stereocenters. The maximum Gasteiger partial charge on any atom is 0.273 e. The minimum atomic E-state index is -0.00957. The van der Waals surface area contributed by atoms with Gasteiger partial charge in [-0.25, -0.2) is 4.98 Å². The Bertz CT molecular complexity index is 960. The standard InChI is InChI=1S/C26H35N3O2S/c1-6-28(16-18-10-8-7-9-11-18)23(30)20-17-32-22(27-20)19-12-14-29(15-13-19)24(31)21-25(2,3)26(21,4)5/h7-11,17,19,21H,6,12-16H2,1-5H3. The molecule has 4 rings (SSSR count). The summed E-state index contributed by atoms with van der Waals surface area (Å²) in [5.41, 5.74) is 1.83. The van der Waals surface area contributed by atoms with E-state index in [-0.39, 0.29) is 22.7 Å². The van der Waals surface area contributed by atoms with Crippen molar-refractivity contribution >= 4 is 23.2 Å². The minimum absolute atomic E-state index is 0.00957. The summed E-state index contributed by atoms with van der Waals surface area (Å²) < 4.78 is 0. The molecule has 32 heavy (non-hydrogen) atoms. The number of hydrogen-bond donors (Lipinski definition) is 0. The van der Waals surface area contributed by atoms with Crippen LogP contribution in [0.4, 0.5) is 0 Å². The zero-order chi connectivity index (χ0) is 23.1. The van der Waals surface area contributed by atoms with Crippen LogP contribution >= 0.6 is 11.3 Å². The van der Waals surface area contributed by atoms with Crippen LogP contribution < -0.4 is 0 Å². The number of thiazole rings is 1. The molecule has 1 aliphatic carbocycles. The van der Waals surface area contributed by atoms with Crippen molar-refractivity contribution in [1.82, 2.24) is 14.8 Å². The van der Waals surface area contributed by atoms with Crippen LogP contribution in [-0.4, -0.2) is 46.2 Å². The van der Waals surface area contributed by atoms with Crippen LogP contribution in [0.1, 0.15) is 74.4 Å². The molecule has 1 aromatic carbocycles. The van der Waals surface area contributed by atoms with Gasteiger partial charge in [-0.1, -0.05) is 58.0 Å². The van der Waals surface area contributed by atoms with Crippen molar-refractivity contribution in [2.45, 2.75) is 59.9 Å². The number of rotatable bonds is 6. The summed E-state index contributed by atoms with van der Waals surface area (Å²) in [5.74, 6) is 0.757. The van der Waals surface area contributed by atoms with Crippen LogP contribution in [0.25, 0.3) is 0 Å². The second-order valence-corrected chi connectivity index (χ2v) is 11.2. The van der Waals surface area contributed by atoms with Gasteiger partial charge in [0.15, 0.2) is 0 Å². The fraction of sp³-hybridized carbons (Fsp3) is 0.577. The van der Waals surface area contributed by atoms with E-state index >= 15 is 0 Å². The maximum atomic E-state index is 13.0. The van der Waals surface area contributed by atoms with Gasteiger partial charge in [0.1, 0.15) is 5.69 Å². The molecule has 0 spiro atoms. The molecule has 1 aromatic heterocycles. The number of likely N-dealkylation sites (tertiary alicyclic amines) is 1. The summed E-state index contributed by atoms with van der Waals surface area (Å²) in [7, 11) is 0. The maximum absolute atomic E-state index is 13.0. The van der Waals surface area contributed by atoms with E-state index in [1.807, 2.05) is 47.5 Å². The molecular weight excluding hydrogens is 418 g/mol. The summed E-state index contributed by atoms with van der Waals surface area (Å²) in [4.78, 5) is 34.7. The predicted molar refractivity (Wildman–Crippen MR) is 129 cm³/mol. The molecule has 6 heteroatoms. The average Bonchev–Trinajstić information content (AvgIpc) is 3.11. The molecule has 1 saturated heterocycles. The highest BCUT2D eigenvalue weighted by Gasteiger charge is 2.68. The molecule has 0 unspecified atom stereocenters. The summed E-state index contributed by atoms with van der Waals surface area (Å²) in [6, 6.07) is 10.1. The average molecular weight is 454 g/mol. The molecule has 2 heterocycles. The molecule has 5 nitrogen and oxygen atoms in total. The van der Waals surface area contributed by atoms with Crippen molar-refractivity contribution in [3.63, 3.8) is 0 Å². The van der Waals surface area contributed by atoms with E-state index in [2.05, 4.69) is 32.6 Å². The van der Waals surface area contributed by atoms with Crippen LogP contribution in [0, 0.1) is 16.7 Å². The molecular formula is C26H35N3O2S. The number of benzene rings is 1. The third-order valence-corrected chi connectivity index (χ3v) is 9.06. The summed E-state index contributed by atoms with van der Waals surface area (Å²) in [6.45, 7) is 13.6. The number of carbonyl (C=O) groups excluding carboxylic acids is 2. The monoisotopic (exact) mass is 453 g/mol. The number of amides is 2. The van der Waals surface area contributed by atoms with Gasteiger partial charge in [-0.2, -0.15) is 0 Å². The molecule has 2 aromatic rings. The van der Waals surface area contributed by atoms with Crippen molar-refractivity contribution in [2.75, 3.05) is 19.6 Å². The highest BCUT2D eigenvalue weighted by molar-refractivity contribution is 7.09. The van der Waals surface area contributed by atoms with Crippen LogP contribution in [-0.2, 0) is 11.3 Å². The lowest BCUT2D eigenvalue weighted by Gasteiger charge is -2.32. The second kappa shape index (κ2) is 8.62. The fourth-order valence-corrected chi connectivity index (χ4v) is 6.17. The van der Waals surface area contributed by atoms with E-state index in [0.717, 1.165) is 36.5 Å². The van der Waals surface area contributed by atoms with Crippen LogP contribution in [0.5, 0.6) is 0 Å². The van der Waals surface area contributed by atoms with Crippen LogP contribution in [0.15, 0.2) is 35.7 Å². The van der Waals surface area contributed by atoms with Gasteiger partial charge < -0.3 is 9.80 Å². The zero-order valence-corrected chi connectivity index (χ0v) is 20.7. The predicted octanol–water partition coefficient (Wildman–Crippen LogP) is 5.19. The molecule has 1 saturated carbocycles. The highest BCUT2D eigenvalue weighted by atomic mass is 32.1. The lowest BCUT2D eigenvalue weighted by molar-refractivity contribution is -0.134. The van der Waals surface area contributed by atoms with Crippen molar-refractivity contribution < 1.29 is 9.59 Å². The first-order valence-electron chi connectivity index (χ1n) is 11.7. The number of aromatic nitrogens is 1. The molecule has 172 valence electrons. The normalized spacial score (nSPS) is 20.2. The molecule has 0 radical (unpaired) electrons. The van der Waals surface area contributed by atoms with Gasteiger partial charge in [0.05, 0.1) is 5.01 Å². The Morgan fingerprint density at radius 3 is 2.28 bits per heavy atom. The Hall–Kier alpha value is -2.21. The van der Waals surface area contributed by atoms with Crippen molar-refractivity contribution in [1.29, 1.82) is 0 Å². The molecule has 0 bridgehead atoms. The van der Waals surface area contributed by atoms with Gasteiger partial charge in [0.25, 0.3) is 5.91 Å². The van der Waals surface area contributed by atoms with Gasteiger partial charge in [0, 0.05) is 43.4 Å². The van der Waals surface area contributed by atoms with Crippen LogP contribution in [0.2, 0.25) is 0 Å². The lowest BCUT2D eigenvalue weighted by atomic mass is 9.96. The topological polar surface area (TPSA) is 53.5 Å². The van der Waals surface area contributed by atoms with E-state index < -0.39 is 0 Å². The van der Waals surface area contributed by atoms with E-state index in [0.29, 0.717) is 30.6 Å². The zero-order valence-electron chi connectivity index (χ0n) is 19.9. The third kappa shape index (κ3) is 4.09. The molecule has 1 aliphatic heterocycles. The Morgan fingerprint density at radius 2 is 1.72 bits per heavy atom. The first-order chi connectivity index (χ1) is 15.2. The number of nitrogens with zero attached hydrogens (tertiary/aromatic N) is 3. The van der Waals surface area contributed by atoms with Crippen LogP contribution in [0.3, 0.4) is 0 Å². The highest BCUT2D eigenvalue weighted by Crippen LogP contribution is 2.68. The summed E-state index contributed by atoms with van der Waals surface area (Å²) >= 11 is 1.58. The largest absolute Gasteiger partial charge is 0.342 e. The van der Waals surface area contributed by atoms with Gasteiger partial charge in [-0.3, -0.25) is 9.59 Å². The minimum Gasteiger partial charge on any atom is -0.342 e. The van der Waals surface area contributed by atoms with Crippen molar-refractivity contribution in [3.05, 3.63) is 52.0 Å². The first kappa shape index (κ1) is 23.0. The summed E-state index contributed by atoms with van der Waals surface area (Å²) in [5, 5.41) is 2.93. The van der Waals surface area contributed by atoms with E-state index in [9.17, 15) is 9.59 Å². The van der Waals surface area contributed by atoms with E-state index in [4.69, 9.17) is 4.98 Å². The van der Waals surface area contributed by atoms with Gasteiger partial charge in [-0.15, -0.1) is 11.3 Å². The molecule has 0 N–H and O–H groups in total. The smallest absolute Gasteiger partial charge is 0.273 e. The summed E-state index contributed by atoms with van der Waals surface area (Å²) in [6.07, 6.45) is 1.84. The first-order valence-corrected chi connectivity index (χ1v) is 12.6. The number of hydrogen-bond acceptors (Lipinski definition) is 4. The second-order valence-electron chi connectivity index (χ2n) is 10.4.